The van der Waals surface area contributed by atoms with Gasteiger partial charge in [-0.3, -0.25) is 4.79 Å². The fourth-order valence-electron chi connectivity index (χ4n) is 4.90. The van der Waals surface area contributed by atoms with E-state index in [1.165, 1.54) is 25.5 Å². The monoisotopic (exact) mass is 562 g/mol. The second-order valence-corrected chi connectivity index (χ2v) is 9.73. The molecule has 0 aliphatic carbocycles. The van der Waals surface area contributed by atoms with Crippen molar-refractivity contribution >= 4 is 11.0 Å². The number of fused-ring (bicyclic) bond motifs is 1. The van der Waals surface area contributed by atoms with Gasteiger partial charge in [0.25, 0.3) is 0 Å². The van der Waals surface area contributed by atoms with Crippen LogP contribution >= 0.6 is 0 Å². The quantitative estimate of drug-likeness (QED) is 0.196. The Balaban J connectivity index is 1.45. The normalized spacial score (nSPS) is 32.7. The zero-order valence-corrected chi connectivity index (χ0v) is 21.2. The van der Waals surface area contributed by atoms with Crippen molar-refractivity contribution in [3.05, 3.63) is 58.4 Å². The van der Waals surface area contributed by atoms with Gasteiger partial charge in [0.05, 0.1) is 36.8 Å². The molecule has 216 valence electrons. The molecular formula is C27H30O13. The molecule has 2 aliphatic rings. The molecule has 7 N–H and O–H groups in total. The molecule has 0 bridgehead atoms. The van der Waals surface area contributed by atoms with E-state index in [4.69, 9.17) is 23.4 Å². The standard InChI is InChI=1S/C27H30O13/c1-36-12-4-2-11(3-5-12)14-8-37-25-13(19(14)30)6-7-15(28)18(25)26-23(34)22(33)21(32)17(40-26)10-39-27-24(35)20(31)16(29)9-38-27/h2-8,16-17,20-24,26-29,31-35H,9-10H2,1H3/t16-,17-,20+,21-,22+,23-,24-,26+,27+/m1/s1. The number of aliphatic hydroxyl groups is 6. The summed E-state index contributed by atoms with van der Waals surface area (Å²) in [7, 11) is 1.52. The molecule has 13 nitrogen and oxygen atoms in total. The van der Waals surface area contributed by atoms with Crippen LogP contribution in [-0.2, 0) is 14.2 Å². The maximum Gasteiger partial charge on any atom is 0.200 e. The van der Waals surface area contributed by atoms with Gasteiger partial charge in [-0.2, -0.15) is 0 Å². The zero-order valence-electron chi connectivity index (χ0n) is 21.2. The molecule has 0 spiro atoms. The second-order valence-electron chi connectivity index (χ2n) is 9.73. The van der Waals surface area contributed by atoms with Crippen LogP contribution in [0.1, 0.15) is 11.7 Å². The summed E-state index contributed by atoms with van der Waals surface area (Å²) in [4.78, 5) is 13.4. The van der Waals surface area contributed by atoms with Crippen LogP contribution in [0.15, 0.2) is 51.9 Å². The Morgan fingerprint density at radius 3 is 2.33 bits per heavy atom. The summed E-state index contributed by atoms with van der Waals surface area (Å²) < 4.78 is 27.4. The zero-order chi connectivity index (χ0) is 28.7. The molecule has 0 unspecified atom stereocenters. The van der Waals surface area contributed by atoms with Crippen LogP contribution in [0.2, 0.25) is 0 Å². The van der Waals surface area contributed by atoms with Crippen molar-refractivity contribution in [2.24, 2.45) is 0 Å². The van der Waals surface area contributed by atoms with Gasteiger partial charge in [-0.1, -0.05) is 12.1 Å². The minimum atomic E-state index is -1.77. The Morgan fingerprint density at radius 2 is 1.62 bits per heavy atom. The van der Waals surface area contributed by atoms with Gasteiger partial charge in [0.2, 0.25) is 5.43 Å². The number of benzene rings is 2. The molecule has 40 heavy (non-hydrogen) atoms. The van der Waals surface area contributed by atoms with E-state index in [9.17, 15) is 40.5 Å². The minimum absolute atomic E-state index is 0.0663. The Morgan fingerprint density at radius 1 is 0.900 bits per heavy atom. The SMILES string of the molecule is COc1ccc(-c2coc3c([C@@H]4O[C@H](CO[C@@H]5OC[C@@H](O)[C@H](O)[C@H]5O)[C@@H](O)[C@H](O)[C@H]4O)c(O)ccc3c2=O)cc1. The second kappa shape index (κ2) is 11.4. The number of aromatic hydroxyl groups is 1. The topological polar surface area (TPSA) is 209 Å². The molecule has 13 heteroatoms. The van der Waals surface area contributed by atoms with Crippen molar-refractivity contribution < 1.29 is 59.1 Å². The predicted molar refractivity (Wildman–Crippen MR) is 135 cm³/mol. The minimum Gasteiger partial charge on any atom is -0.507 e. The number of methoxy groups -OCH3 is 1. The first kappa shape index (κ1) is 28.4. The lowest BCUT2D eigenvalue weighted by atomic mass is 9.89. The van der Waals surface area contributed by atoms with Gasteiger partial charge in [0.15, 0.2) is 6.29 Å². The third kappa shape index (κ3) is 5.07. The highest BCUT2D eigenvalue weighted by Gasteiger charge is 2.47. The molecular weight excluding hydrogens is 532 g/mol. The van der Waals surface area contributed by atoms with E-state index in [1.807, 2.05) is 0 Å². The number of rotatable bonds is 6. The molecule has 9 atom stereocenters. The number of ether oxygens (including phenoxy) is 4. The van der Waals surface area contributed by atoms with Crippen LogP contribution in [0, 0.1) is 0 Å². The first-order valence-corrected chi connectivity index (χ1v) is 12.5. The summed E-state index contributed by atoms with van der Waals surface area (Å²) in [5, 5.41) is 72.3. The van der Waals surface area contributed by atoms with Gasteiger partial charge < -0.3 is 59.1 Å². The average Bonchev–Trinajstić information content (AvgIpc) is 2.96. The maximum atomic E-state index is 13.4. The Hall–Kier alpha value is -3.11. The molecule has 3 aromatic rings. The number of aliphatic hydroxyl groups excluding tert-OH is 6. The summed E-state index contributed by atoms with van der Waals surface area (Å²) in [6.07, 6.45) is -12.6. The smallest absolute Gasteiger partial charge is 0.200 e. The van der Waals surface area contributed by atoms with E-state index >= 15 is 0 Å². The third-order valence-electron chi connectivity index (χ3n) is 7.23. The first-order valence-electron chi connectivity index (χ1n) is 12.5. The summed E-state index contributed by atoms with van der Waals surface area (Å²) in [5.74, 6) is 0.200. The van der Waals surface area contributed by atoms with Crippen LogP contribution < -0.4 is 10.2 Å². The van der Waals surface area contributed by atoms with Gasteiger partial charge in [0.1, 0.15) is 72.2 Å². The summed E-state index contributed by atoms with van der Waals surface area (Å²) >= 11 is 0. The van der Waals surface area contributed by atoms with Gasteiger partial charge in [0, 0.05) is 0 Å². The summed E-state index contributed by atoms with van der Waals surface area (Å²) in [6.45, 7) is -0.800. The van der Waals surface area contributed by atoms with Crippen molar-refractivity contribution in [1.82, 2.24) is 0 Å². The van der Waals surface area contributed by atoms with E-state index in [0.29, 0.717) is 11.3 Å². The molecule has 0 amide bonds. The fourth-order valence-corrected chi connectivity index (χ4v) is 4.90. The van der Waals surface area contributed by atoms with Crippen LogP contribution in [0.5, 0.6) is 11.5 Å². The number of phenols is 1. The van der Waals surface area contributed by atoms with Crippen molar-refractivity contribution in [3.8, 4) is 22.6 Å². The molecule has 0 radical (unpaired) electrons. The van der Waals surface area contributed by atoms with E-state index < -0.39 is 72.9 Å². The van der Waals surface area contributed by atoms with Crippen molar-refractivity contribution in [1.29, 1.82) is 0 Å². The largest absolute Gasteiger partial charge is 0.507 e. The van der Waals surface area contributed by atoms with E-state index in [0.717, 1.165) is 0 Å². The average molecular weight is 563 g/mol. The van der Waals surface area contributed by atoms with Gasteiger partial charge >= 0.3 is 0 Å². The Labute approximate surface area is 227 Å². The first-order chi connectivity index (χ1) is 19.1. The van der Waals surface area contributed by atoms with Crippen LogP contribution in [0.4, 0.5) is 0 Å². The van der Waals surface area contributed by atoms with Gasteiger partial charge in [-0.05, 0) is 29.8 Å². The summed E-state index contributed by atoms with van der Waals surface area (Å²) in [5.41, 5.74) is 0.129. The molecule has 2 saturated heterocycles. The number of hydrogen-bond donors (Lipinski definition) is 7. The number of phenolic OH excluding ortho intramolecular Hbond substituents is 1. The lowest BCUT2D eigenvalue weighted by molar-refractivity contribution is -0.291. The van der Waals surface area contributed by atoms with Crippen molar-refractivity contribution in [2.45, 2.75) is 55.1 Å². The van der Waals surface area contributed by atoms with E-state index in [-0.39, 0.29) is 28.7 Å². The van der Waals surface area contributed by atoms with Crippen molar-refractivity contribution in [3.63, 3.8) is 0 Å². The summed E-state index contributed by atoms with van der Waals surface area (Å²) in [6, 6.07) is 9.31. The van der Waals surface area contributed by atoms with Crippen LogP contribution in [0.25, 0.3) is 22.1 Å². The molecule has 1 aromatic heterocycles. The maximum absolute atomic E-state index is 13.4. The predicted octanol–water partition coefficient (Wildman–Crippen LogP) is -0.848. The van der Waals surface area contributed by atoms with Crippen LogP contribution in [0.3, 0.4) is 0 Å². The molecule has 0 saturated carbocycles. The van der Waals surface area contributed by atoms with E-state index in [2.05, 4.69) is 0 Å². The molecule has 2 aliphatic heterocycles. The molecule has 5 rings (SSSR count). The van der Waals surface area contributed by atoms with Gasteiger partial charge in [-0.15, -0.1) is 0 Å². The highest BCUT2D eigenvalue weighted by Crippen LogP contribution is 2.41. The Bertz CT molecular complexity index is 1390. The third-order valence-corrected chi connectivity index (χ3v) is 7.23. The highest BCUT2D eigenvalue weighted by atomic mass is 16.7. The Kier molecular flexibility index (Phi) is 8.10. The van der Waals surface area contributed by atoms with Gasteiger partial charge in [-0.25, -0.2) is 0 Å². The molecule has 2 fully saturated rings. The highest BCUT2D eigenvalue weighted by molar-refractivity contribution is 5.86. The van der Waals surface area contributed by atoms with Crippen LogP contribution in [-0.4, -0.2) is 105 Å². The number of hydrogen-bond acceptors (Lipinski definition) is 13. The lowest BCUT2D eigenvalue weighted by Gasteiger charge is -2.42. The van der Waals surface area contributed by atoms with E-state index in [1.54, 1.807) is 24.3 Å². The lowest BCUT2D eigenvalue weighted by Crippen LogP contribution is -2.57. The molecule has 3 heterocycles. The molecule has 2 aromatic carbocycles. The fraction of sp³-hybridized carbons (Fsp3) is 0.444. The van der Waals surface area contributed by atoms with Crippen molar-refractivity contribution in [2.75, 3.05) is 20.3 Å².